The van der Waals surface area contributed by atoms with E-state index in [1.54, 1.807) is 0 Å². The van der Waals surface area contributed by atoms with E-state index in [1.165, 1.54) is 0 Å². The molecule has 1 aromatic rings. The molecular weight excluding hydrogens is 214 g/mol. The zero-order chi connectivity index (χ0) is 11.7. The number of ether oxygens (including phenoxy) is 1. The lowest BCUT2D eigenvalue weighted by molar-refractivity contribution is 0.0690. The Hall–Kier alpha value is -2.11. The highest BCUT2D eigenvalue weighted by atomic mass is 16.5. The molecule has 6 nitrogen and oxygen atoms in total. The molecule has 0 bridgehead atoms. The molecule has 1 aliphatic rings. The third-order valence-corrected chi connectivity index (χ3v) is 2.13. The Balaban J connectivity index is 2.35. The number of pyridine rings is 1. The molecule has 0 amide bonds. The van der Waals surface area contributed by atoms with Gasteiger partial charge in [0.2, 0.25) is 0 Å². The predicted octanol–water partition coefficient (Wildman–Crippen LogP) is 1.02. The summed E-state index contributed by atoms with van der Waals surface area (Å²) in [6, 6.07) is 1.00. The highest BCUT2D eigenvalue weighted by molar-refractivity contribution is 5.94. The van der Waals surface area contributed by atoms with Gasteiger partial charge in [-0.05, 0) is 18.9 Å². The van der Waals surface area contributed by atoms with Gasteiger partial charge in [-0.25, -0.2) is 14.6 Å². The van der Waals surface area contributed by atoms with Gasteiger partial charge in [0.05, 0.1) is 12.3 Å². The summed E-state index contributed by atoms with van der Waals surface area (Å²) in [7, 11) is 0. The largest absolute Gasteiger partial charge is 0.488 e. The lowest BCUT2D eigenvalue weighted by atomic mass is 10.2. The Bertz CT molecular complexity index is 453. The Morgan fingerprint density at radius 3 is 2.50 bits per heavy atom. The van der Waals surface area contributed by atoms with Crippen LogP contribution in [0.3, 0.4) is 0 Å². The molecule has 0 aromatic carbocycles. The SMILES string of the molecule is O=C(O)c1cc(C(=O)O)c(OC2CC2)cn1. The van der Waals surface area contributed by atoms with Crippen LogP contribution in [0.4, 0.5) is 0 Å². The van der Waals surface area contributed by atoms with E-state index in [1.807, 2.05) is 0 Å². The Morgan fingerprint density at radius 1 is 1.31 bits per heavy atom. The van der Waals surface area contributed by atoms with Crippen molar-refractivity contribution >= 4 is 11.9 Å². The minimum Gasteiger partial charge on any atom is -0.488 e. The summed E-state index contributed by atoms with van der Waals surface area (Å²) in [5.74, 6) is -2.36. The van der Waals surface area contributed by atoms with E-state index in [-0.39, 0.29) is 23.1 Å². The van der Waals surface area contributed by atoms with Crippen molar-refractivity contribution in [2.75, 3.05) is 0 Å². The normalized spacial score (nSPS) is 14.5. The van der Waals surface area contributed by atoms with E-state index in [0.717, 1.165) is 25.1 Å². The number of aromatic carboxylic acids is 2. The van der Waals surface area contributed by atoms with Gasteiger partial charge in [-0.1, -0.05) is 0 Å². The molecule has 0 radical (unpaired) electrons. The first-order chi connectivity index (χ1) is 7.58. The number of hydrogen-bond donors (Lipinski definition) is 2. The summed E-state index contributed by atoms with van der Waals surface area (Å²) in [5, 5.41) is 17.6. The van der Waals surface area contributed by atoms with Crippen LogP contribution in [-0.4, -0.2) is 33.2 Å². The number of carboxylic acid groups (broad SMARTS) is 2. The fourth-order valence-corrected chi connectivity index (χ4v) is 1.19. The van der Waals surface area contributed by atoms with Crippen molar-refractivity contribution in [1.29, 1.82) is 0 Å². The maximum Gasteiger partial charge on any atom is 0.354 e. The first-order valence-electron chi connectivity index (χ1n) is 4.71. The number of carbonyl (C=O) groups is 2. The highest BCUT2D eigenvalue weighted by Crippen LogP contribution is 2.28. The van der Waals surface area contributed by atoms with E-state index in [0.29, 0.717) is 0 Å². The van der Waals surface area contributed by atoms with Gasteiger partial charge >= 0.3 is 11.9 Å². The molecule has 1 aliphatic carbocycles. The van der Waals surface area contributed by atoms with E-state index < -0.39 is 11.9 Å². The fraction of sp³-hybridized carbons (Fsp3) is 0.300. The number of hydrogen-bond acceptors (Lipinski definition) is 4. The summed E-state index contributed by atoms with van der Waals surface area (Å²) >= 11 is 0. The minimum absolute atomic E-state index is 0.0376. The molecule has 1 heterocycles. The third kappa shape index (κ3) is 2.10. The predicted molar refractivity (Wildman–Crippen MR) is 51.8 cm³/mol. The summed E-state index contributed by atoms with van der Waals surface area (Å²) in [6.07, 6.45) is 2.96. The van der Waals surface area contributed by atoms with Crippen LogP contribution in [0.25, 0.3) is 0 Å². The average Bonchev–Trinajstić information content (AvgIpc) is 3.01. The van der Waals surface area contributed by atoms with Crippen molar-refractivity contribution in [3.63, 3.8) is 0 Å². The third-order valence-electron chi connectivity index (χ3n) is 2.13. The van der Waals surface area contributed by atoms with Crippen molar-refractivity contribution in [2.24, 2.45) is 0 Å². The van der Waals surface area contributed by atoms with Crippen molar-refractivity contribution in [1.82, 2.24) is 4.98 Å². The van der Waals surface area contributed by atoms with Gasteiger partial charge in [-0.2, -0.15) is 0 Å². The first-order valence-corrected chi connectivity index (χ1v) is 4.71. The van der Waals surface area contributed by atoms with Crippen LogP contribution >= 0.6 is 0 Å². The first kappa shape index (κ1) is 10.4. The number of rotatable bonds is 4. The number of carboxylic acids is 2. The van der Waals surface area contributed by atoms with Crippen LogP contribution in [0, 0.1) is 0 Å². The Morgan fingerprint density at radius 2 is 2.00 bits per heavy atom. The van der Waals surface area contributed by atoms with Gasteiger partial charge < -0.3 is 14.9 Å². The van der Waals surface area contributed by atoms with Crippen LogP contribution in [-0.2, 0) is 0 Å². The maximum absolute atomic E-state index is 10.9. The second-order valence-electron chi connectivity index (χ2n) is 3.49. The smallest absolute Gasteiger partial charge is 0.354 e. The lowest BCUT2D eigenvalue weighted by Crippen LogP contribution is -2.09. The monoisotopic (exact) mass is 223 g/mol. The summed E-state index contributed by atoms with van der Waals surface area (Å²) in [4.78, 5) is 25.1. The molecule has 16 heavy (non-hydrogen) atoms. The minimum atomic E-state index is -1.26. The molecule has 1 fully saturated rings. The zero-order valence-corrected chi connectivity index (χ0v) is 8.21. The van der Waals surface area contributed by atoms with E-state index in [2.05, 4.69) is 4.98 Å². The molecule has 0 unspecified atom stereocenters. The zero-order valence-electron chi connectivity index (χ0n) is 8.21. The molecule has 1 saturated carbocycles. The van der Waals surface area contributed by atoms with Gasteiger partial charge in [-0.15, -0.1) is 0 Å². The van der Waals surface area contributed by atoms with Gasteiger partial charge in [0, 0.05) is 0 Å². The molecular formula is C10H9NO5. The molecule has 2 N–H and O–H groups in total. The summed E-state index contributed by atoms with van der Waals surface area (Å²) in [5.41, 5.74) is -0.472. The Kier molecular flexibility index (Phi) is 2.47. The molecule has 0 saturated heterocycles. The molecule has 2 rings (SSSR count). The average molecular weight is 223 g/mol. The molecule has 0 spiro atoms. The van der Waals surface area contributed by atoms with E-state index in [9.17, 15) is 9.59 Å². The molecule has 6 heteroatoms. The summed E-state index contributed by atoms with van der Waals surface area (Å²) < 4.78 is 5.32. The molecule has 1 aromatic heterocycles. The van der Waals surface area contributed by atoms with Gasteiger partial charge in [-0.3, -0.25) is 0 Å². The molecule has 84 valence electrons. The maximum atomic E-state index is 10.9. The van der Waals surface area contributed by atoms with Crippen molar-refractivity contribution in [2.45, 2.75) is 18.9 Å². The summed E-state index contributed by atoms with van der Waals surface area (Å²) in [6.45, 7) is 0. The van der Waals surface area contributed by atoms with Crippen LogP contribution in [0.2, 0.25) is 0 Å². The number of nitrogens with zero attached hydrogens (tertiary/aromatic N) is 1. The van der Waals surface area contributed by atoms with Crippen LogP contribution in [0.5, 0.6) is 5.75 Å². The second kappa shape index (κ2) is 3.80. The van der Waals surface area contributed by atoms with Crippen LogP contribution < -0.4 is 4.74 Å². The van der Waals surface area contributed by atoms with E-state index in [4.69, 9.17) is 14.9 Å². The standard InChI is InChI=1S/C10H9NO5/c12-9(13)6-3-7(10(14)15)11-4-8(6)16-5-1-2-5/h3-5H,1-2H2,(H,12,13)(H,14,15). The van der Waals surface area contributed by atoms with Gasteiger partial charge in [0.15, 0.2) is 5.75 Å². The van der Waals surface area contributed by atoms with E-state index >= 15 is 0 Å². The van der Waals surface area contributed by atoms with Crippen molar-refractivity contribution < 1.29 is 24.5 Å². The van der Waals surface area contributed by atoms with Gasteiger partial charge in [0.1, 0.15) is 11.3 Å². The quantitative estimate of drug-likeness (QED) is 0.790. The second-order valence-corrected chi connectivity index (χ2v) is 3.49. The van der Waals surface area contributed by atoms with Crippen molar-refractivity contribution in [3.05, 3.63) is 23.5 Å². The van der Waals surface area contributed by atoms with Gasteiger partial charge in [0.25, 0.3) is 0 Å². The molecule has 0 atom stereocenters. The number of aromatic nitrogens is 1. The molecule has 0 aliphatic heterocycles. The Labute approximate surface area is 90.5 Å². The fourth-order valence-electron chi connectivity index (χ4n) is 1.19. The lowest BCUT2D eigenvalue weighted by Gasteiger charge is -2.07. The van der Waals surface area contributed by atoms with Crippen LogP contribution in [0.15, 0.2) is 12.3 Å². The van der Waals surface area contributed by atoms with Crippen LogP contribution in [0.1, 0.15) is 33.7 Å². The highest BCUT2D eigenvalue weighted by Gasteiger charge is 2.26. The van der Waals surface area contributed by atoms with Crippen molar-refractivity contribution in [3.8, 4) is 5.75 Å². The topological polar surface area (TPSA) is 96.7 Å².